The van der Waals surface area contributed by atoms with E-state index in [1.807, 2.05) is 0 Å². The van der Waals surface area contributed by atoms with E-state index in [0.29, 0.717) is 0 Å². The summed E-state index contributed by atoms with van der Waals surface area (Å²) >= 11 is 7.38. The lowest BCUT2D eigenvalue weighted by molar-refractivity contribution is 1.57. The molecule has 1 radical (unpaired) electrons. The van der Waals surface area contributed by atoms with E-state index in [0.717, 1.165) is 0 Å². The molecule has 1 aliphatic heterocycles. The van der Waals surface area contributed by atoms with Crippen molar-refractivity contribution in [3.05, 3.63) is 0 Å². The minimum atomic E-state index is -0.703. The fourth-order valence-electron chi connectivity index (χ4n) is 0.748. The predicted molar refractivity (Wildman–Crippen MR) is 44.8 cm³/mol. The number of hydrogen-bond donors (Lipinski definition) is 0. The Kier molecular flexibility index (Phi) is 1.83. The summed E-state index contributed by atoms with van der Waals surface area (Å²) in [5.41, 5.74) is 3.02. The summed E-state index contributed by atoms with van der Waals surface area (Å²) in [6, 6.07) is 0. The minimum Gasteiger partial charge on any atom is -0.129 e. The second-order valence-electron chi connectivity index (χ2n) is 2.28. The van der Waals surface area contributed by atoms with Crippen molar-refractivity contribution in [1.29, 1.82) is 0 Å². The van der Waals surface area contributed by atoms with Crippen molar-refractivity contribution in [1.82, 2.24) is 0 Å². The standard InChI is InChI=1S/C3H7Br2Si2/c1-7(5)2-6(4)3-7/h2-3H2,1H3. The lowest BCUT2D eigenvalue weighted by Gasteiger charge is -2.33. The predicted octanol–water partition coefficient (Wildman–Crippen LogP) is 2.44. The fraction of sp³-hybridized carbons (Fsp3) is 1.00. The maximum absolute atomic E-state index is 3.74. The molecule has 0 spiro atoms. The first-order chi connectivity index (χ1) is 3.10. The van der Waals surface area contributed by atoms with Crippen LogP contribution in [0.1, 0.15) is 0 Å². The molecule has 0 nitrogen and oxygen atoms in total. The molecule has 1 aliphatic rings. The Bertz CT molecular complexity index is 75.0. The van der Waals surface area contributed by atoms with Crippen LogP contribution in [0.2, 0.25) is 17.9 Å². The summed E-state index contributed by atoms with van der Waals surface area (Å²) in [7, 11) is 0.0275. The minimum absolute atomic E-state index is 0.0275. The molecule has 0 unspecified atom stereocenters. The van der Waals surface area contributed by atoms with Crippen LogP contribution in [0.4, 0.5) is 0 Å². The monoisotopic (exact) mass is 257 g/mol. The highest BCUT2D eigenvalue weighted by molar-refractivity contribution is 9.28. The normalized spacial score (nSPS) is 29.6. The number of hydrogen-bond acceptors (Lipinski definition) is 0. The maximum Gasteiger partial charge on any atom is 0.131 e. The molecule has 0 aromatic heterocycles. The van der Waals surface area contributed by atoms with Gasteiger partial charge in [0.25, 0.3) is 0 Å². The van der Waals surface area contributed by atoms with E-state index in [9.17, 15) is 0 Å². The molecule has 0 aliphatic carbocycles. The third-order valence-electron chi connectivity index (χ3n) is 1.12. The first kappa shape index (κ1) is 6.51. The zero-order valence-electron chi connectivity index (χ0n) is 4.17. The largest absolute Gasteiger partial charge is 0.131 e. The molecule has 1 fully saturated rings. The Balaban J connectivity index is 2.29. The Morgan fingerprint density at radius 3 is 2.00 bits per heavy atom. The first-order valence-corrected chi connectivity index (χ1v) is 11.6. The zero-order chi connectivity index (χ0) is 5.49. The topological polar surface area (TPSA) is 0 Å². The maximum atomic E-state index is 3.74. The van der Waals surface area contributed by atoms with Crippen LogP contribution in [-0.4, -0.2) is 14.1 Å². The molecule has 1 rings (SSSR count). The molecule has 0 amide bonds. The van der Waals surface area contributed by atoms with Crippen LogP contribution in [0.5, 0.6) is 0 Å². The molecule has 4 heteroatoms. The van der Waals surface area contributed by atoms with Crippen molar-refractivity contribution >= 4 is 44.7 Å². The molecular weight excluding hydrogens is 252 g/mol. The van der Waals surface area contributed by atoms with Gasteiger partial charge >= 0.3 is 0 Å². The van der Waals surface area contributed by atoms with Crippen molar-refractivity contribution in [3.63, 3.8) is 0 Å². The van der Waals surface area contributed by atoms with Gasteiger partial charge in [0, 0.05) is 0 Å². The summed E-state index contributed by atoms with van der Waals surface area (Å²) in [5, 5.41) is 0. The van der Waals surface area contributed by atoms with Gasteiger partial charge in [-0.05, 0) is 11.3 Å². The third-order valence-corrected chi connectivity index (χ3v) is 20.2. The summed E-state index contributed by atoms with van der Waals surface area (Å²) in [6.45, 7) is 1.69. The van der Waals surface area contributed by atoms with Gasteiger partial charge in [0.1, 0.15) is 14.1 Å². The first-order valence-electron chi connectivity index (χ1n) is 2.29. The lowest BCUT2D eigenvalue weighted by atomic mass is 11.7. The summed E-state index contributed by atoms with van der Waals surface area (Å²) < 4.78 is 0. The molecular formula is C3H7Br2Si2. The highest BCUT2D eigenvalue weighted by Crippen LogP contribution is 2.38. The lowest BCUT2D eigenvalue weighted by Crippen LogP contribution is -2.42. The van der Waals surface area contributed by atoms with E-state index in [1.54, 1.807) is 0 Å². The van der Waals surface area contributed by atoms with Crippen molar-refractivity contribution in [2.75, 3.05) is 0 Å². The highest BCUT2D eigenvalue weighted by atomic mass is 79.9. The van der Waals surface area contributed by atoms with Crippen LogP contribution in [0.25, 0.3) is 0 Å². The fourth-order valence-corrected chi connectivity index (χ4v) is 30.7. The Labute approximate surface area is 62.5 Å². The third kappa shape index (κ3) is 1.66. The molecule has 41 valence electrons. The molecule has 0 bridgehead atoms. The molecule has 0 saturated carbocycles. The molecule has 1 saturated heterocycles. The van der Waals surface area contributed by atoms with Gasteiger partial charge in [-0.2, -0.15) is 0 Å². The van der Waals surface area contributed by atoms with Crippen LogP contribution < -0.4 is 0 Å². The second-order valence-corrected chi connectivity index (χ2v) is 18.1. The van der Waals surface area contributed by atoms with Gasteiger partial charge in [0.05, 0.1) is 0 Å². The summed E-state index contributed by atoms with van der Waals surface area (Å²) in [4.78, 5) is 0. The Morgan fingerprint density at radius 1 is 1.57 bits per heavy atom. The smallest absolute Gasteiger partial charge is 0.129 e. The van der Waals surface area contributed by atoms with Crippen LogP contribution in [0.3, 0.4) is 0 Å². The van der Waals surface area contributed by atoms with E-state index >= 15 is 0 Å². The van der Waals surface area contributed by atoms with Crippen molar-refractivity contribution < 1.29 is 0 Å². The highest BCUT2D eigenvalue weighted by Gasteiger charge is 2.40. The van der Waals surface area contributed by atoms with Crippen LogP contribution >= 0.6 is 30.6 Å². The van der Waals surface area contributed by atoms with Gasteiger partial charge < -0.3 is 0 Å². The molecule has 0 atom stereocenters. The molecule has 7 heavy (non-hydrogen) atoms. The quantitative estimate of drug-likeness (QED) is 0.463. The van der Waals surface area contributed by atoms with Gasteiger partial charge in [0.15, 0.2) is 0 Å². The Morgan fingerprint density at radius 2 is 2.00 bits per heavy atom. The van der Waals surface area contributed by atoms with Crippen LogP contribution in [0.15, 0.2) is 0 Å². The van der Waals surface area contributed by atoms with Gasteiger partial charge in [-0.1, -0.05) is 6.55 Å². The van der Waals surface area contributed by atoms with E-state index in [4.69, 9.17) is 0 Å². The van der Waals surface area contributed by atoms with Gasteiger partial charge in [-0.3, -0.25) is 0 Å². The van der Waals surface area contributed by atoms with Gasteiger partial charge in [-0.25, -0.2) is 0 Å². The van der Waals surface area contributed by atoms with Crippen molar-refractivity contribution in [2.24, 2.45) is 0 Å². The summed E-state index contributed by atoms with van der Waals surface area (Å²) in [6.07, 6.45) is 0. The SMILES string of the molecule is C[Si]1(Br)C[Si](Br)C1. The molecule has 0 N–H and O–H groups in total. The van der Waals surface area contributed by atoms with Gasteiger partial charge in [0.2, 0.25) is 0 Å². The van der Waals surface area contributed by atoms with E-state index in [-0.39, 0.29) is 7.42 Å². The average molecular weight is 259 g/mol. The van der Waals surface area contributed by atoms with E-state index in [1.165, 1.54) is 11.3 Å². The van der Waals surface area contributed by atoms with Crippen molar-refractivity contribution in [3.8, 4) is 0 Å². The Hall–Kier alpha value is 1.39. The van der Waals surface area contributed by atoms with E-state index < -0.39 is 6.69 Å². The van der Waals surface area contributed by atoms with Crippen LogP contribution in [0, 0.1) is 0 Å². The van der Waals surface area contributed by atoms with Gasteiger partial charge in [-0.15, -0.1) is 30.6 Å². The molecule has 1 heterocycles. The second kappa shape index (κ2) is 1.97. The summed E-state index contributed by atoms with van der Waals surface area (Å²) in [5.74, 6) is 0. The van der Waals surface area contributed by atoms with Crippen LogP contribution in [-0.2, 0) is 0 Å². The van der Waals surface area contributed by atoms with E-state index in [2.05, 4.69) is 37.1 Å². The molecule has 0 aromatic carbocycles. The van der Waals surface area contributed by atoms with Crippen molar-refractivity contribution in [2.45, 2.75) is 17.9 Å². The zero-order valence-corrected chi connectivity index (χ0v) is 9.34. The molecule has 0 aromatic rings. The number of halogens is 2. The average Bonchev–Trinajstić information content (AvgIpc) is 1.27. The number of rotatable bonds is 0.